The van der Waals surface area contributed by atoms with Gasteiger partial charge in [-0.15, -0.1) is 0 Å². The first-order chi connectivity index (χ1) is 17.6. The van der Waals surface area contributed by atoms with Gasteiger partial charge in [-0.25, -0.2) is 23.3 Å². The van der Waals surface area contributed by atoms with Gasteiger partial charge < -0.3 is 0 Å². The number of urea groups is 1. The lowest BCUT2D eigenvalue weighted by atomic mass is 10.0. The van der Waals surface area contributed by atoms with Gasteiger partial charge in [0, 0.05) is 16.8 Å². The van der Waals surface area contributed by atoms with E-state index >= 15 is 0 Å². The van der Waals surface area contributed by atoms with Gasteiger partial charge in [-0.3, -0.25) is 4.79 Å². The zero-order chi connectivity index (χ0) is 26.3. The quantitative estimate of drug-likeness (QED) is 0.303. The number of rotatable bonds is 4. The van der Waals surface area contributed by atoms with Gasteiger partial charge in [0.05, 0.1) is 40.2 Å². The zero-order valence-electron chi connectivity index (χ0n) is 19.0. The van der Waals surface area contributed by atoms with Crippen LogP contribution >= 0.6 is 11.6 Å². The summed E-state index contributed by atoms with van der Waals surface area (Å²) < 4.78 is 27.0. The number of hydrogen-bond donors (Lipinski definition) is 1. The van der Waals surface area contributed by atoms with Gasteiger partial charge in [0.15, 0.2) is 6.04 Å². The molecule has 0 aliphatic carbocycles. The third kappa shape index (κ3) is 3.02. The van der Waals surface area contributed by atoms with Crippen molar-refractivity contribution in [3.8, 4) is 6.07 Å². The Morgan fingerprint density at radius 1 is 1.08 bits per heavy atom. The first-order valence-electron chi connectivity index (χ1n) is 11.2. The SMILES string of the molecule is N#Cc1ccc(N2C(=O)C3C[N@@]4CC(S(=O)(=O)c5ccc(Cl)c([N+](=O)O)c5)[N+]3(C4)C2=O)c2ccccc12. The summed E-state index contributed by atoms with van der Waals surface area (Å²) in [5, 5.41) is 18.5. The number of quaternary nitrogens is 1. The highest BCUT2D eigenvalue weighted by Crippen LogP contribution is 2.47. The Hall–Kier alpha value is -3.89. The van der Waals surface area contributed by atoms with Crippen LogP contribution in [0, 0.1) is 16.2 Å². The summed E-state index contributed by atoms with van der Waals surface area (Å²) in [6, 6.07) is 13.8. The smallest absolute Gasteiger partial charge is 0.267 e. The second kappa shape index (κ2) is 7.80. The van der Waals surface area contributed by atoms with Gasteiger partial charge >= 0.3 is 11.7 Å². The molecule has 1 N–H and O–H groups in total. The molecule has 3 amide bonds. The Balaban J connectivity index is 1.48. The normalized spacial score (nSPS) is 26.5. The number of carbonyl (C=O) groups is 2. The summed E-state index contributed by atoms with van der Waals surface area (Å²) in [5.41, 5.74) is 0.220. The molecule has 3 aliphatic rings. The fourth-order valence-corrected chi connectivity index (χ4v) is 8.05. The highest BCUT2D eigenvalue weighted by molar-refractivity contribution is 7.92. The van der Waals surface area contributed by atoms with E-state index in [1.807, 2.05) is 0 Å². The van der Waals surface area contributed by atoms with Crippen molar-refractivity contribution in [3.05, 3.63) is 70.1 Å². The van der Waals surface area contributed by atoms with Gasteiger partial charge in [0.1, 0.15) is 11.7 Å². The van der Waals surface area contributed by atoms with E-state index in [-0.39, 0.29) is 35.4 Å². The van der Waals surface area contributed by atoms with Crippen LogP contribution in [-0.2, 0) is 14.6 Å². The van der Waals surface area contributed by atoms with Crippen LogP contribution in [0.5, 0.6) is 0 Å². The number of fused-ring (bicyclic) bond motifs is 2. The van der Waals surface area contributed by atoms with Crippen LogP contribution < -0.4 is 4.90 Å². The molecule has 0 saturated carbocycles. The molecular weight excluding hydrogens is 522 g/mol. The van der Waals surface area contributed by atoms with Crippen LogP contribution in [0.2, 0.25) is 5.02 Å². The minimum absolute atomic E-state index is 0.0119. The van der Waals surface area contributed by atoms with Crippen molar-refractivity contribution in [3.63, 3.8) is 0 Å². The van der Waals surface area contributed by atoms with Gasteiger partial charge in [-0.1, -0.05) is 35.9 Å². The van der Waals surface area contributed by atoms with Crippen molar-refractivity contribution < 1.29 is 32.6 Å². The molecule has 37 heavy (non-hydrogen) atoms. The van der Waals surface area contributed by atoms with Crippen molar-refractivity contribution in [1.82, 2.24) is 4.90 Å². The fraction of sp³-hybridized carbons (Fsp3) is 0.208. The average Bonchev–Trinajstić information content (AvgIpc) is 3.52. The molecule has 0 radical (unpaired) electrons. The van der Waals surface area contributed by atoms with Crippen molar-refractivity contribution in [2.24, 2.45) is 0 Å². The number of nitriles is 1. The molecule has 186 valence electrons. The van der Waals surface area contributed by atoms with Crippen LogP contribution in [0.3, 0.4) is 0 Å². The number of sulfone groups is 1. The predicted octanol–water partition coefficient (Wildman–Crippen LogP) is 2.90. The fourth-order valence-electron chi connectivity index (χ4n) is 5.81. The molecule has 3 unspecified atom stereocenters. The highest BCUT2D eigenvalue weighted by Gasteiger charge is 2.75. The maximum atomic E-state index is 14.1. The molecule has 4 atom stereocenters. The Labute approximate surface area is 215 Å². The number of halogens is 1. The summed E-state index contributed by atoms with van der Waals surface area (Å²) >= 11 is 5.92. The first kappa shape index (κ1) is 23.5. The number of imide groups is 1. The Kier molecular flexibility index (Phi) is 4.96. The maximum absolute atomic E-state index is 14.1. The maximum Gasteiger partial charge on any atom is 0.433 e. The molecule has 1 spiro atoms. The number of carbonyl (C=O) groups excluding carboxylic acids is 2. The monoisotopic (exact) mass is 539 g/mol. The number of piperazine rings is 1. The first-order valence-corrected chi connectivity index (χ1v) is 13.1. The van der Waals surface area contributed by atoms with Gasteiger partial charge in [0.2, 0.25) is 15.2 Å². The second-order valence-electron chi connectivity index (χ2n) is 9.26. The van der Waals surface area contributed by atoms with Crippen LogP contribution in [0.4, 0.5) is 16.2 Å². The minimum Gasteiger partial charge on any atom is -0.267 e. The summed E-state index contributed by atoms with van der Waals surface area (Å²) in [4.78, 5) is 41.2. The molecule has 3 fully saturated rings. The van der Waals surface area contributed by atoms with Gasteiger partial charge in [0.25, 0.3) is 10.8 Å². The molecule has 3 aromatic carbocycles. The molecule has 3 heterocycles. The van der Waals surface area contributed by atoms with Crippen molar-refractivity contribution in [2.45, 2.75) is 16.3 Å². The molecule has 3 aliphatic heterocycles. The lowest BCUT2D eigenvalue weighted by Gasteiger charge is -2.33. The summed E-state index contributed by atoms with van der Waals surface area (Å²) in [6.07, 6.45) is 0. The van der Waals surface area contributed by atoms with Crippen LogP contribution in [0.25, 0.3) is 10.8 Å². The van der Waals surface area contributed by atoms with Gasteiger partial charge in [-0.05, 0) is 24.3 Å². The predicted molar refractivity (Wildman–Crippen MR) is 130 cm³/mol. The molecule has 11 nitrogen and oxygen atoms in total. The molecular formula is C24H18ClN5O6S+2. The van der Waals surface area contributed by atoms with Crippen molar-refractivity contribution in [2.75, 3.05) is 24.7 Å². The molecule has 3 aromatic rings. The summed E-state index contributed by atoms with van der Waals surface area (Å²) in [5.74, 6) is -0.514. The lowest BCUT2D eigenvalue weighted by Crippen LogP contribution is -2.62. The number of benzene rings is 3. The second-order valence-corrected chi connectivity index (χ2v) is 11.8. The number of nitrogens with zero attached hydrogens (tertiary/aromatic N) is 5. The van der Waals surface area contributed by atoms with E-state index in [2.05, 4.69) is 6.07 Å². The number of amides is 3. The number of hydrogen-bond acceptors (Lipinski definition) is 7. The van der Waals surface area contributed by atoms with Crippen LogP contribution in [-0.4, -0.2) is 71.0 Å². The van der Waals surface area contributed by atoms with E-state index < -0.39 is 48.3 Å². The third-order valence-corrected chi connectivity index (χ3v) is 9.95. The standard InChI is InChI=1S/C24H18ClN5O6S/c25-18-7-6-15(9-20(18)29(33)34)37(35,36)22-12-27-11-21-23(31)28(24(32)30(21,22)13-27)19-8-5-14(10-26)16-3-1-2-4-17(16)19/h1-9,21-22H,11-13H2,(H,33,34)/q+2. The summed E-state index contributed by atoms with van der Waals surface area (Å²) in [7, 11) is -4.27. The molecule has 2 bridgehead atoms. The van der Waals surface area contributed by atoms with E-state index in [0.717, 1.165) is 11.0 Å². The van der Waals surface area contributed by atoms with E-state index in [1.54, 1.807) is 29.2 Å². The average molecular weight is 540 g/mol. The van der Waals surface area contributed by atoms with Crippen molar-refractivity contribution in [1.29, 1.82) is 5.26 Å². The molecule has 3 saturated heterocycles. The Morgan fingerprint density at radius 3 is 2.51 bits per heavy atom. The summed E-state index contributed by atoms with van der Waals surface area (Å²) in [6.45, 7) is 0.272. The molecule has 6 rings (SSSR count). The lowest BCUT2D eigenvalue weighted by molar-refractivity contribution is -0.848. The topological polar surface area (TPSA) is 139 Å². The van der Waals surface area contributed by atoms with E-state index in [4.69, 9.17) is 11.6 Å². The van der Waals surface area contributed by atoms with Gasteiger partial charge in [-0.2, -0.15) is 14.6 Å². The number of anilines is 1. The van der Waals surface area contributed by atoms with Crippen LogP contribution in [0.1, 0.15) is 5.56 Å². The highest BCUT2D eigenvalue weighted by atomic mass is 35.5. The van der Waals surface area contributed by atoms with Crippen LogP contribution in [0.15, 0.2) is 59.5 Å². The Bertz CT molecular complexity index is 1720. The largest absolute Gasteiger partial charge is 0.433 e. The molecule has 0 aromatic heterocycles. The minimum atomic E-state index is -4.27. The van der Waals surface area contributed by atoms with Crippen molar-refractivity contribution >= 4 is 55.5 Å². The zero-order valence-corrected chi connectivity index (χ0v) is 20.6. The van der Waals surface area contributed by atoms with E-state index in [0.29, 0.717) is 16.3 Å². The van der Waals surface area contributed by atoms with E-state index in [9.17, 15) is 33.4 Å². The third-order valence-electron chi connectivity index (χ3n) is 7.48. The Morgan fingerprint density at radius 2 is 1.81 bits per heavy atom. The van der Waals surface area contributed by atoms with E-state index in [1.165, 1.54) is 24.3 Å². The molecule has 13 heteroatoms.